The van der Waals surface area contributed by atoms with Crippen LogP contribution in [0.15, 0.2) is 59.7 Å². The second-order valence-corrected chi connectivity index (χ2v) is 6.46. The van der Waals surface area contributed by atoms with Gasteiger partial charge in [0.1, 0.15) is 5.54 Å². The van der Waals surface area contributed by atoms with Crippen LogP contribution in [0, 0.1) is 10.1 Å². The highest BCUT2D eigenvalue weighted by atomic mass is 16.6. The van der Waals surface area contributed by atoms with Gasteiger partial charge in [-0.05, 0) is 43.0 Å². The zero-order chi connectivity index (χ0) is 19.4. The zero-order valence-corrected chi connectivity index (χ0v) is 14.7. The Morgan fingerprint density at radius 1 is 1.15 bits per heavy atom. The van der Waals surface area contributed by atoms with Crippen molar-refractivity contribution in [1.29, 1.82) is 0 Å². The molecule has 1 aliphatic heterocycles. The van der Waals surface area contributed by atoms with Crippen LogP contribution in [0.2, 0.25) is 0 Å². The molecule has 3 amide bonds. The normalized spacial score (nSPS) is 19.5. The molecule has 138 valence electrons. The van der Waals surface area contributed by atoms with E-state index in [1.165, 1.54) is 30.5 Å². The van der Waals surface area contributed by atoms with E-state index in [-0.39, 0.29) is 5.69 Å². The van der Waals surface area contributed by atoms with E-state index in [2.05, 4.69) is 10.4 Å². The first-order valence-corrected chi connectivity index (χ1v) is 8.38. The highest BCUT2D eigenvalue weighted by molar-refractivity contribution is 6.07. The number of carbonyl (C=O) groups is 2. The molecular weight excluding hydrogens is 348 g/mol. The first-order valence-electron chi connectivity index (χ1n) is 8.38. The average Bonchev–Trinajstić information content (AvgIpc) is 2.88. The van der Waals surface area contributed by atoms with Gasteiger partial charge in [0.25, 0.3) is 11.6 Å². The lowest BCUT2D eigenvalue weighted by molar-refractivity contribution is -0.384. The minimum Gasteiger partial charge on any atom is -0.322 e. The molecule has 0 radical (unpaired) electrons. The molecule has 8 nitrogen and oxygen atoms in total. The molecule has 2 aromatic carbocycles. The largest absolute Gasteiger partial charge is 0.346 e. The summed E-state index contributed by atoms with van der Waals surface area (Å²) in [5.41, 5.74) is 0.544. The van der Waals surface area contributed by atoms with Crippen molar-refractivity contribution >= 4 is 23.8 Å². The van der Waals surface area contributed by atoms with E-state index < -0.39 is 22.4 Å². The van der Waals surface area contributed by atoms with Crippen LogP contribution >= 0.6 is 0 Å². The number of benzene rings is 2. The van der Waals surface area contributed by atoms with Crippen LogP contribution in [0.4, 0.5) is 10.5 Å². The number of hydrogen-bond donors (Lipinski definition) is 1. The van der Waals surface area contributed by atoms with Gasteiger partial charge in [-0.3, -0.25) is 14.9 Å². The van der Waals surface area contributed by atoms with Gasteiger partial charge in [-0.2, -0.15) is 5.10 Å². The number of hydrazone groups is 1. The third kappa shape index (κ3) is 4.00. The van der Waals surface area contributed by atoms with E-state index in [0.29, 0.717) is 18.4 Å². The predicted octanol–water partition coefficient (Wildman–Crippen LogP) is 2.87. The third-order valence-electron chi connectivity index (χ3n) is 4.42. The summed E-state index contributed by atoms with van der Waals surface area (Å²) in [6, 6.07) is 14.8. The van der Waals surface area contributed by atoms with Gasteiger partial charge < -0.3 is 5.32 Å². The molecule has 1 N–H and O–H groups in total. The quantitative estimate of drug-likeness (QED) is 0.367. The summed E-state index contributed by atoms with van der Waals surface area (Å²) in [6.45, 7) is 1.68. The Morgan fingerprint density at radius 2 is 1.81 bits per heavy atom. The number of urea groups is 1. The van der Waals surface area contributed by atoms with Crippen LogP contribution in [0.25, 0.3) is 0 Å². The topological polar surface area (TPSA) is 105 Å². The smallest absolute Gasteiger partial charge is 0.322 e. The van der Waals surface area contributed by atoms with Gasteiger partial charge in [0.15, 0.2) is 0 Å². The number of imide groups is 1. The van der Waals surface area contributed by atoms with Crippen LogP contribution < -0.4 is 5.32 Å². The van der Waals surface area contributed by atoms with E-state index in [4.69, 9.17) is 0 Å². The van der Waals surface area contributed by atoms with Crippen LogP contribution in [-0.4, -0.2) is 33.6 Å². The monoisotopic (exact) mass is 366 g/mol. The molecule has 27 heavy (non-hydrogen) atoms. The van der Waals surface area contributed by atoms with Crippen LogP contribution in [-0.2, 0) is 11.2 Å². The number of hydrogen-bond acceptors (Lipinski definition) is 5. The zero-order valence-electron chi connectivity index (χ0n) is 14.7. The fourth-order valence-electron chi connectivity index (χ4n) is 2.79. The van der Waals surface area contributed by atoms with Crippen LogP contribution in [0.3, 0.4) is 0 Å². The lowest BCUT2D eigenvalue weighted by atomic mass is 9.93. The van der Waals surface area contributed by atoms with Crippen molar-refractivity contribution < 1.29 is 14.5 Å². The van der Waals surface area contributed by atoms with Gasteiger partial charge in [0, 0.05) is 12.1 Å². The fourth-order valence-corrected chi connectivity index (χ4v) is 2.79. The summed E-state index contributed by atoms with van der Waals surface area (Å²) in [6.07, 6.45) is 2.42. The van der Waals surface area contributed by atoms with Gasteiger partial charge in [0.2, 0.25) is 0 Å². The van der Waals surface area contributed by atoms with Crippen molar-refractivity contribution in [2.45, 2.75) is 25.3 Å². The molecule has 0 spiro atoms. The first kappa shape index (κ1) is 18.2. The Hall–Kier alpha value is -3.55. The van der Waals surface area contributed by atoms with E-state index in [1.54, 1.807) is 6.92 Å². The summed E-state index contributed by atoms with van der Waals surface area (Å²) in [5, 5.41) is 18.1. The molecule has 8 heteroatoms. The van der Waals surface area contributed by atoms with Gasteiger partial charge >= 0.3 is 6.03 Å². The summed E-state index contributed by atoms with van der Waals surface area (Å²) in [5.74, 6) is -0.429. The number of nitro benzene ring substituents is 1. The molecule has 2 aromatic rings. The molecule has 1 heterocycles. The maximum atomic E-state index is 12.7. The van der Waals surface area contributed by atoms with Gasteiger partial charge in [-0.15, -0.1) is 5.01 Å². The molecule has 1 fully saturated rings. The molecule has 1 aliphatic rings. The minimum atomic E-state index is -1.03. The second-order valence-electron chi connectivity index (χ2n) is 6.46. The van der Waals surface area contributed by atoms with E-state index >= 15 is 0 Å². The number of non-ortho nitro benzene ring substituents is 1. The molecule has 1 atom stereocenters. The standard InChI is InChI=1S/C19H18N4O4/c1-19(12-11-14-5-3-2-4-6-14)17(24)22(18(25)21-19)20-13-15-7-9-16(10-8-15)23(26)27/h2-10,13H,11-12H2,1H3,(H,21,25)/b20-13-/t19-/m1/s1. The number of aryl methyl sites for hydroxylation is 1. The third-order valence-corrected chi connectivity index (χ3v) is 4.42. The summed E-state index contributed by atoms with van der Waals surface area (Å²) < 4.78 is 0. The SMILES string of the molecule is C[C@]1(CCc2ccccc2)NC(=O)N(/N=C\c2ccc([N+](=O)[O-])cc2)C1=O. The molecule has 0 bridgehead atoms. The van der Waals surface area contributed by atoms with E-state index in [1.807, 2.05) is 30.3 Å². The number of nitrogens with zero attached hydrogens (tertiary/aromatic N) is 3. The van der Waals surface area contributed by atoms with Crippen molar-refractivity contribution in [2.75, 3.05) is 0 Å². The van der Waals surface area contributed by atoms with Crippen LogP contribution in [0.1, 0.15) is 24.5 Å². The number of nitro groups is 1. The molecule has 0 aliphatic carbocycles. The highest BCUT2D eigenvalue weighted by Gasteiger charge is 2.47. The van der Waals surface area contributed by atoms with Crippen molar-refractivity contribution in [3.05, 3.63) is 75.8 Å². The minimum absolute atomic E-state index is 0.0457. The van der Waals surface area contributed by atoms with Crippen molar-refractivity contribution in [3.63, 3.8) is 0 Å². The maximum Gasteiger partial charge on any atom is 0.346 e. The molecular formula is C19H18N4O4. The number of carbonyl (C=O) groups excluding carboxylic acids is 2. The van der Waals surface area contributed by atoms with Crippen molar-refractivity contribution in [2.24, 2.45) is 5.10 Å². The average molecular weight is 366 g/mol. The van der Waals surface area contributed by atoms with Gasteiger partial charge in [-0.25, -0.2) is 4.79 Å². The molecule has 0 aromatic heterocycles. The molecule has 1 saturated heterocycles. The summed E-state index contributed by atoms with van der Waals surface area (Å²) in [7, 11) is 0. The van der Waals surface area contributed by atoms with Crippen molar-refractivity contribution in [3.8, 4) is 0 Å². The molecule has 0 unspecified atom stereocenters. The van der Waals surface area contributed by atoms with Crippen molar-refractivity contribution in [1.82, 2.24) is 10.3 Å². The Bertz CT molecular complexity index is 896. The number of amides is 3. The first-order chi connectivity index (χ1) is 12.9. The molecule has 3 rings (SSSR count). The number of rotatable bonds is 6. The second kappa shape index (κ2) is 7.36. The fraction of sp³-hybridized carbons (Fsp3) is 0.211. The Kier molecular flexibility index (Phi) is 4.98. The van der Waals surface area contributed by atoms with Crippen LogP contribution in [0.5, 0.6) is 0 Å². The predicted molar refractivity (Wildman–Crippen MR) is 99.2 cm³/mol. The summed E-state index contributed by atoms with van der Waals surface area (Å²) in [4.78, 5) is 35.0. The van der Waals surface area contributed by atoms with E-state index in [9.17, 15) is 19.7 Å². The lowest BCUT2D eigenvalue weighted by Gasteiger charge is -2.20. The van der Waals surface area contributed by atoms with Gasteiger partial charge in [0.05, 0.1) is 11.1 Å². The highest BCUT2D eigenvalue weighted by Crippen LogP contribution is 2.23. The maximum absolute atomic E-state index is 12.7. The summed E-state index contributed by atoms with van der Waals surface area (Å²) >= 11 is 0. The van der Waals surface area contributed by atoms with E-state index in [0.717, 1.165) is 10.6 Å². The molecule has 0 saturated carbocycles. The van der Waals surface area contributed by atoms with Gasteiger partial charge in [-0.1, -0.05) is 30.3 Å². The lowest BCUT2D eigenvalue weighted by Crippen LogP contribution is -2.44. The Morgan fingerprint density at radius 3 is 2.44 bits per heavy atom. The number of nitrogens with one attached hydrogen (secondary N) is 1. The Balaban J connectivity index is 1.68. The Labute approximate surface area is 155 Å².